The summed E-state index contributed by atoms with van der Waals surface area (Å²) in [6, 6.07) is 3.71. The summed E-state index contributed by atoms with van der Waals surface area (Å²) in [5, 5.41) is 12.8. The minimum Gasteiger partial charge on any atom is -0.444 e. The van der Waals surface area contributed by atoms with E-state index in [1.165, 1.54) is 0 Å². The number of hydrogen-bond donors (Lipinski definition) is 3. The van der Waals surface area contributed by atoms with Crippen LogP contribution in [0.2, 0.25) is 0 Å². The highest BCUT2D eigenvalue weighted by Crippen LogP contribution is 2.21. The second kappa shape index (κ2) is 7.19. The van der Waals surface area contributed by atoms with Crippen molar-refractivity contribution < 1.29 is 9.53 Å². The number of alkyl carbamates (subject to hydrolysis) is 1. The number of nitrogens with zero attached hydrogens (tertiary/aromatic N) is 4. The van der Waals surface area contributed by atoms with Crippen LogP contribution in [-0.4, -0.2) is 51.0 Å². The third-order valence-electron chi connectivity index (χ3n) is 3.80. The van der Waals surface area contributed by atoms with Crippen LogP contribution in [0.1, 0.15) is 32.9 Å². The molecule has 1 amide bonds. The average Bonchev–Trinajstić information content (AvgIpc) is 3.16. The number of carbonyl (C=O) groups excluding carboxylic acids is 1. The lowest BCUT2D eigenvalue weighted by Crippen LogP contribution is -2.40. The van der Waals surface area contributed by atoms with Gasteiger partial charge in [-0.3, -0.25) is 5.10 Å². The number of aromatic nitrogens is 4. The highest BCUT2D eigenvalue weighted by molar-refractivity contribution is 5.68. The summed E-state index contributed by atoms with van der Waals surface area (Å²) in [5.41, 5.74) is 0.357. The van der Waals surface area contributed by atoms with Gasteiger partial charge < -0.3 is 20.3 Å². The van der Waals surface area contributed by atoms with Crippen LogP contribution in [0.15, 0.2) is 18.3 Å². The summed E-state index contributed by atoms with van der Waals surface area (Å²) < 4.78 is 5.32. The molecule has 0 radical (unpaired) electrons. The molecule has 3 rings (SSSR count). The normalized spacial score (nSPS) is 17.2. The molecule has 1 aliphatic heterocycles. The molecule has 2 aromatic heterocycles. The number of carbonyl (C=O) groups is 1. The fourth-order valence-corrected chi connectivity index (χ4v) is 2.76. The minimum atomic E-state index is -0.505. The van der Waals surface area contributed by atoms with Crippen molar-refractivity contribution in [3.05, 3.63) is 24.0 Å². The summed E-state index contributed by atoms with van der Waals surface area (Å²) in [6.07, 6.45) is 2.10. The summed E-state index contributed by atoms with van der Waals surface area (Å²) in [7, 11) is 0. The van der Waals surface area contributed by atoms with Crippen LogP contribution in [-0.2, 0) is 4.74 Å². The van der Waals surface area contributed by atoms with Crippen molar-refractivity contribution in [2.45, 2.75) is 45.8 Å². The molecule has 1 fully saturated rings. The first-order valence-corrected chi connectivity index (χ1v) is 8.65. The largest absolute Gasteiger partial charge is 0.444 e. The van der Waals surface area contributed by atoms with E-state index in [1.807, 2.05) is 39.8 Å². The molecular weight excluding hydrogens is 334 g/mol. The number of aromatic amines is 1. The SMILES string of the molecule is Cc1cc(Nc2ccn[nH]2)nc(N2CC[C@H](NC(=O)OC(C)(C)C)C2)n1. The lowest BCUT2D eigenvalue weighted by Gasteiger charge is -2.22. The van der Waals surface area contributed by atoms with Crippen LogP contribution in [0.25, 0.3) is 0 Å². The number of anilines is 3. The Balaban J connectivity index is 1.63. The van der Waals surface area contributed by atoms with Gasteiger partial charge >= 0.3 is 6.09 Å². The highest BCUT2D eigenvalue weighted by Gasteiger charge is 2.27. The van der Waals surface area contributed by atoms with Gasteiger partial charge in [-0.25, -0.2) is 9.78 Å². The maximum atomic E-state index is 11.9. The Morgan fingerprint density at radius 2 is 2.19 bits per heavy atom. The quantitative estimate of drug-likeness (QED) is 0.769. The second-order valence-corrected chi connectivity index (χ2v) is 7.37. The van der Waals surface area contributed by atoms with E-state index in [9.17, 15) is 4.79 Å². The van der Waals surface area contributed by atoms with Crippen LogP contribution in [0.3, 0.4) is 0 Å². The van der Waals surface area contributed by atoms with Gasteiger partial charge in [-0.05, 0) is 34.1 Å². The van der Waals surface area contributed by atoms with Gasteiger partial charge in [-0.2, -0.15) is 10.1 Å². The monoisotopic (exact) mass is 359 g/mol. The van der Waals surface area contributed by atoms with Gasteiger partial charge in [0, 0.05) is 30.9 Å². The topological polar surface area (TPSA) is 108 Å². The van der Waals surface area contributed by atoms with E-state index in [4.69, 9.17) is 4.74 Å². The standard InChI is InChI=1S/C17H25N7O2/c1-11-9-14(21-13-5-7-18-23-13)22-15(19-11)24-8-6-12(10-24)20-16(25)26-17(2,3)4/h5,7,9,12H,6,8,10H2,1-4H3,(H,20,25)(H2,18,19,21,22,23)/t12-/m0/s1. The Hall–Kier alpha value is -2.84. The van der Waals surface area contributed by atoms with Crippen molar-refractivity contribution in [2.24, 2.45) is 0 Å². The van der Waals surface area contributed by atoms with E-state index in [0.29, 0.717) is 18.3 Å². The van der Waals surface area contributed by atoms with Gasteiger partial charge in [0.15, 0.2) is 0 Å². The number of aryl methyl sites for hydroxylation is 1. The molecule has 9 heteroatoms. The molecule has 0 unspecified atom stereocenters. The molecule has 0 saturated carbocycles. The Morgan fingerprint density at radius 3 is 2.88 bits per heavy atom. The minimum absolute atomic E-state index is 0.0120. The number of H-pyrrole nitrogens is 1. The Morgan fingerprint density at radius 1 is 1.38 bits per heavy atom. The third kappa shape index (κ3) is 4.84. The average molecular weight is 359 g/mol. The number of nitrogens with one attached hydrogen (secondary N) is 3. The number of ether oxygens (including phenoxy) is 1. The van der Waals surface area contributed by atoms with Crippen molar-refractivity contribution in [3.8, 4) is 0 Å². The van der Waals surface area contributed by atoms with Crippen LogP contribution >= 0.6 is 0 Å². The Bertz CT molecular complexity index is 755. The predicted molar refractivity (Wildman–Crippen MR) is 98.6 cm³/mol. The van der Waals surface area contributed by atoms with E-state index in [-0.39, 0.29) is 6.04 Å². The first kappa shape index (κ1) is 18.0. The molecule has 3 N–H and O–H groups in total. The van der Waals surface area contributed by atoms with Crippen LogP contribution in [0.5, 0.6) is 0 Å². The van der Waals surface area contributed by atoms with E-state index >= 15 is 0 Å². The molecule has 1 saturated heterocycles. The molecule has 1 atom stereocenters. The Kier molecular flexibility index (Phi) is 4.97. The lowest BCUT2D eigenvalue weighted by atomic mass is 10.2. The van der Waals surface area contributed by atoms with Gasteiger partial charge in [-0.15, -0.1) is 0 Å². The van der Waals surface area contributed by atoms with Crippen LogP contribution in [0, 0.1) is 6.92 Å². The number of hydrogen-bond acceptors (Lipinski definition) is 7. The molecule has 0 spiro atoms. The summed E-state index contributed by atoms with van der Waals surface area (Å²) in [4.78, 5) is 23.1. The highest BCUT2D eigenvalue weighted by atomic mass is 16.6. The molecule has 3 heterocycles. The Labute approximate surface area is 152 Å². The molecule has 1 aliphatic rings. The third-order valence-corrected chi connectivity index (χ3v) is 3.80. The van der Waals surface area contributed by atoms with Gasteiger partial charge in [-0.1, -0.05) is 0 Å². The maximum absolute atomic E-state index is 11.9. The van der Waals surface area contributed by atoms with E-state index in [2.05, 4.69) is 35.7 Å². The molecular formula is C17H25N7O2. The lowest BCUT2D eigenvalue weighted by molar-refractivity contribution is 0.0509. The zero-order chi connectivity index (χ0) is 18.7. The number of rotatable bonds is 4. The molecule has 0 bridgehead atoms. The van der Waals surface area contributed by atoms with Gasteiger partial charge in [0.2, 0.25) is 5.95 Å². The number of amides is 1. The van der Waals surface area contributed by atoms with E-state index in [1.54, 1.807) is 6.20 Å². The molecule has 0 aromatic carbocycles. The first-order valence-electron chi connectivity index (χ1n) is 8.65. The maximum Gasteiger partial charge on any atom is 0.407 e. The van der Waals surface area contributed by atoms with Crippen molar-refractivity contribution in [1.29, 1.82) is 0 Å². The second-order valence-electron chi connectivity index (χ2n) is 7.37. The van der Waals surface area contributed by atoms with Crippen LogP contribution < -0.4 is 15.5 Å². The molecule has 2 aromatic rings. The van der Waals surface area contributed by atoms with Gasteiger partial charge in [0.05, 0.1) is 12.2 Å². The summed E-state index contributed by atoms with van der Waals surface area (Å²) in [5.74, 6) is 2.10. The fourth-order valence-electron chi connectivity index (χ4n) is 2.76. The van der Waals surface area contributed by atoms with Crippen molar-refractivity contribution in [3.63, 3.8) is 0 Å². The summed E-state index contributed by atoms with van der Waals surface area (Å²) >= 11 is 0. The zero-order valence-electron chi connectivity index (χ0n) is 15.5. The first-order chi connectivity index (χ1) is 12.3. The summed E-state index contributed by atoms with van der Waals surface area (Å²) in [6.45, 7) is 8.89. The fraction of sp³-hybridized carbons (Fsp3) is 0.529. The van der Waals surface area contributed by atoms with Crippen LogP contribution in [0.4, 0.5) is 22.4 Å². The van der Waals surface area contributed by atoms with Crippen molar-refractivity contribution >= 4 is 23.7 Å². The molecule has 0 aliphatic carbocycles. The van der Waals surface area contributed by atoms with Gasteiger partial charge in [0.1, 0.15) is 17.2 Å². The smallest absolute Gasteiger partial charge is 0.407 e. The zero-order valence-corrected chi connectivity index (χ0v) is 15.5. The molecule has 9 nitrogen and oxygen atoms in total. The van der Waals surface area contributed by atoms with E-state index < -0.39 is 11.7 Å². The van der Waals surface area contributed by atoms with Crippen molar-refractivity contribution in [1.82, 2.24) is 25.5 Å². The van der Waals surface area contributed by atoms with Crippen molar-refractivity contribution in [2.75, 3.05) is 23.3 Å². The predicted octanol–water partition coefficient (Wildman–Crippen LogP) is 2.36. The molecule has 140 valence electrons. The molecule has 26 heavy (non-hydrogen) atoms. The van der Waals surface area contributed by atoms with E-state index in [0.717, 1.165) is 24.5 Å². The van der Waals surface area contributed by atoms with Gasteiger partial charge in [0.25, 0.3) is 0 Å².